The molecular formula is C15H11F4O. The Labute approximate surface area is 113 Å². The second-order valence-electron chi connectivity index (χ2n) is 4.29. The molecule has 105 valence electrons. The molecule has 0 saturated heterocycles. The zero-order chi connectivity index (χ0) is 14.8. The van der Waals surface area contributed by atoms with E-state index in [-0.39, 0.29) is 11.1 Å². The van der Waals surface area contributed by atoms with Gasteiger partial charge < -0.3 is 5.11 Å². The molecule has 0 saturated carbocycles. The summed E-state index contributed by atoms with van der Waals surface area (Å²) >= 11 is 0. The predicted molar refractivity (Wildman–Crippen MR) is 66.2 cm³/mol. The van der Waals surface area contributed by atoms with Gasteiger partial charge in [-0.05, 0) is 29.3 Å². The number of rotatable bonds is 3. The number of aliphatic hydroxyl groups is 1. The minimum Gasteiger partial charge on any atom is -0.388 e. The van der Waals surface area contributed by atoms with Crippen LogP contribution in [-0.2, 0) is 6.18 Å². The van der Waals surface area contributed by atoms with E-state index in [1.807, 2.05) is 0 Å². The maximum atomic E-state index is 13.0. The van der Waals surface area contributed by atoms with Gasteiger partial charge in [0.2, 0.25) is 0 Å². The molecule has 1 N–H and O–H groups in total. The zero-order valence-electron chi connectivity index (χ0n) is 10.2. The van der Waals surface area contributed by atoms with Crippen LogP contribution in [0.4, 0.5) is 17.6 Å². The molecule has 0 aliphatic rings. The lowest BCUT2D eigenvalue weighted by Crippen LogP contribution is -2.06. The molecule has 0 unspecified atom stereocenters. The summed E-state index contributed by atoms with van der Waals surface area (Å²) < 4.78 is 50.7. The van der Waals surface area contributed by atoms with Crippen molar-refractivity contribution >= 4 is 0 Å². The lowest BCUT2D eigenvalue weighted by molar-refractivity contribution is -0.137. The van der Waals surface area contributed by atoms with Crippen molar-refractivity contribution < 1.29 is 22.7 Å². The Balaban J connectivity index is 2.18. The molecule has 5 heteroatoms. The lowest BCUT2D eigenvalue weighted by Gasteiger charge is -2.12. The van der Waals surface area contributed by atoms with Gasteiger partial charge in [0.15, 0.2) is 0 Å². The van der Waals surface area contributed by atoms with Gasteiger partial charge in [-0.2, -0.15) is 13.2 Å². The summed E-state index contributed by atoms with van der Waals surface area (Å²) in [6.45, 7) is 0. The molecule has 1 nitrogen and oxygen atoms in total. The number of benzene rings is 2. The molecule has 2 rings (SSSR count). The van der Waals surface area contributed by atoms with Gasteiger partial charge in [0, 0.05) is 6.42 Å². The zero-order valence-corrected chi connectivity index (χ0v) is 10.2. The van der Waals surface area contributed by atoms with E-state index in [9.17, 15) is 22.7 Å². The van der Waals surface area contributed by atoms with Gasteiger partial charge in [0.05, 0.1) is 11.7 Å². The molecule has 0 spiro atoms. The second-order valence-corrected chi connectivity index (χ2v) is 4.29. The van der Waals surface area contributed by atoms with Gasteiger partial charge in [-0.15, -0.1) is 0 Å². The van der Waals surface area contributed by atoms with Crippen LogP contribution < -0.4 is 0 Å². The van der Waals surface area contributed by atoms with Crippen LogP contribution in [0.3, 0.4) is 0 Å². The number of hydrogen-bond acceptors (Lipinski definition) is 1. The van der Waals surface area contributed by atoms with Gasteiger partial charge in [-0.25, -0.2) is 4.39 Å². The standard InChI is InChI=1S/C15H11F4O/c16-13-6-2-4-11(9-13)14(20)8-10-3-1-5-12(7-10)15(17,18)19/h1-9,14,20H/t14-/m1/s1. The summed E-state index contributed by atoms with van der Waals surface area (Å²) in [6.07, 6.45) is -4.37. The van der Waals surface area contributed by atoms with E-state index in [0.29, 0.717) is 0 Å². The van der Waals surface area contributed by atoms with Crippen LogP contribution in [0.5, 0.6) is 0 Å². The van der Waals surface area contributed by atoms with Gasteiger partial charge in [0.1, 0.15) is 5.82 Å². The van der Waals surface area contributed by atoms with Crippen molar-refractivity contribution in [1.29, 1.82) is 0 Å². The van der Waals surface area contributed by atoms with E-state index < -0.39 is 23.7 Å². The number of hydrogen-bond donors (Lipinski definition) is 1. The highest BCUT2D eigenvalue weighted by Gasteiger charge is 2.30. The molecule has 0 aliphatic heterocycles. The van der Waals surface area contributed by atoms with Crippen LogP contribution in [0, 0.1) is 12.2 Å². The quantitative estimate of drug-likeness (QED) is 0.840. The highest BCUT2D eigenvalue weighted by molar-refractivity contribution is 5.34. The first-order valence-corrected chi connectivity index (χ1v) is 5.82. The van der Waals surface area contributed by atoms with Crippen LogP contribution in [-0.4, -0.2) is 5.11 Å². The van der Waals surface area contributed by atoms with E-state index in [4.69, 9.17) is 0 Å². The Morgan fingerprint density at radius 3 is 2.35 bits per heavy atom. The average molecular weight is 283 g/mol. The molecule has 2 aromatic carbocycles. The van der Waals surface area contributed by atoms with E-state index in [2.05, 4.69) is 0 Å². The van der Waals surface area contributed by atoms with E-state index >= 15 is 0 Å². The van der Waals surface area contributed by atoms with Crippen LogP contribution in [0.15, 0.2) is 48.5 Å². The van der Waals surface area contributed by atoms with Crippen LogP contribution >= 0.6 is 0 Å². The minimum absolute atomic E-state index is 0.219. The molecule has 0 bridgehead atoms. The third-order valence-corrected chi connectivity index (χ3v) is 2.75. The summed E-state index contributed by atoms with van der Waals surface area (Å²) in [5.74, 6) is -0.515. The Bertz CT molecular complexity index is 592. The van der Waals surface area contributed by atoms with Gasteiger partial charge in [-0.3, -0.25) is 0 Å². The van der Waals surface area contributed by atoms with E-state index in [1.54, 1.807) is 0 Å². The molecule has 0 heterocycles. The summed E-state index contributed by atoms with van der Waals surface area (Å²) in [5.41, 5.74) is -0.295. The Kier molecular flexibility index (Phi) is 4.09. The van der Waals surface area contributed by atoms with E-state index in [0.717, 1.165) is 18.2 Å². The molecule has 1 radical (unpaired) electrons. The minimum atomic E-state index is -4.44. The number of aliphatic hydroxyl groups excluding tert-OH is 1. The fraction of sp³-hybridized carbons (Fsp3) is 0.133. The molecule has 2 aromatic rings. The van der Waals surface area contributed by atoms with Crippen molar-refractivity contribution in [3.8, 4) is 0 Å². The molecule has 20 heavy (non-hydrogen) atoms. The van der Waals surface area contributed by atoms with Crippen molar-refractivity contribution in [1.82, 2.24) is 0 Å². The van der Waals surface area contributed by atoms with Crippen LogP contribution in [0.1, 0.15) is 22.8 Å². The summed E-state index contributed by atoms with van der Waals surface area (Å²) in [4.78, 5) is 0. The fourth-order valence-electron chi connectivity index (χ4n) is 1.79. The summed E-state index contributed by atoms with van der Waals surface area (Å²) in [6, 6.07) is 9.86. The van der Waals surface area contributed by atoms with Crippen molar-refractivity contribution in [2.24, 2.45) is 0 Å². The monoisotopic (exact) mass is 283 g/mol. The molecule has 0 aliphatic carbocycles. The Morgan fingerprint density at radius 2 is 1.70 bits per heavy atom. The van der Waals surface area contributed by atoms with Crippen molar-refractivity contribution in [3.63, 3.8) is 0 Å². The highest BCUT2D eigenvalue weighted by Crippen LogP contribution is 2.31. The van der Waals surface area contributed by atoms with E-state index in [1.165, 1.54) is 36.8 Å². The molecule has 0 fully saturated rings. The third kappa shape index (κ3) is 3.57. The van der Waals surface area contributed by atoms with Crippen LogP contribution in [0.25, 0.3) is 0 Å². The molecule has 0 amide bonds. The first kappa shape index (κ1) is 14.5. The summed E-state index contributed by atoms with van der Waals surface area (Å²) in [7, 11) is 0. The lowest BCUT2D eigenvalue weighted by atomic mass is 10.00. The van der Waals surface area contributed by atoms with Gasteiger partial charge in [-0.1, -0.05) is 30.3 Å². The maximum Gasteiger partial charge on any atom is 0.416 e. The van der Waals surface area contributed by atoms with Crippen molar-refractivity contribution in [3.05, 3.63) is 77.5 Å². The largest absolute Gasteiger partial charge is 0.416 e. The highest BCUT2D eigenvalue weighted by atomic mass is 19.4. The normalized spacial score (nSPS) is 13.2. The van der Waals surface area contributed by atoms with Crippen molar-refractivity contribution in [2.75, 3.05) is 0 Å². The SMILES string of the molecule is O[C@H]([CH]c1cccc(C(F)(F)F)c1)c1cccc(F)c1. The Morgan fingerprint density at radius 1 is 1.00 bits per heavy atom. The van der Waals surface area contributed by atoms with Gasteiger partial charge >= 0.3 is 6.18 Å². The summed E-state index contributed by atoms with van der Waals surface area (Å²) in [5, 5.41) is 9.89. The van der Waals surface area contributed by atoms with Gasteiger partial charge in [0.25, 0.3) is 0 Å². The number of alkyl halides is 3. The maximum absolute atomic E-state index is 13.0. The van der Waals surface area contributed by atoms with Crippen LogP contribution in [0.2, 0.25) is 0 Å². The fourth-order valence-corrected chi connectivity index (χ4v) is 1.79. The first-order valence-electron chi connectivity index (χ1n) is 5.82. The topological polar surface area (TPSA) is 20.2 Å². The number of halogens is 4. The average Bonchev–Trinajstić information content (AvgIpc) is 2.38. The third-order valence-electron chi connectivity index (χ3n) is 2.75. The molecule has 0 aromatic heterocycles. The Hall–Kier alpha value is -1.88. The predicted octanol–water partition coefficient (Wildman–Crippen LogP) is 4.13. The van der Waals surface area contributed by atoms with Crippen molar-refractivity contribution in [2.45, 2.75) is 12.3 Å². The smallest absolute Gasteiger partial charge is 0.388 e. The second kappa shape index (κ2) is 5.63. The first-order chi connectivity index (χ1) is 9.36. The molecule has 1 atom stereocenters. The molecular weight excluding hydrogens is 272 g/mol.